The molecule has 0 radical (unpaired) electrons. The molecule has 0 saturated heterocycles. The molecular weight excluding hydrogens is 226 g/mol. The lowest BCUT2D eigenvalue weighted by Gasteiger charge is -2.16. The lowest BCUT2D eigenvalue weighted by molar-refractivity contribution is -0.141. The number of carboxylic acid groups (broad SMARTS) is 1. The van der Waals surface area contributed by atoms with Crippen molar-refractivity contribution in [1.29, 1.82) is 0 Å². The van der Waals surface area contributed by atoms with Gasteiger partial charge >= 0.3 is 5.97 Å². The van der Waals surface area contributed by atoms with E-state index < -0.39 is 5.97 Å². The molecule has 3 nitrogen and oxygen atoms in total. The van der Waals surface area contributed by atoms with Gasteiger partial charge < -0.3 is 10.0 Å². The molecule has 2 unspecified atom stereocenters. The molecule has 1 N–H and O–H groups in total. The Hall–Kier alpha value is -1.22. The first kappa shape index (κ1) is 11.3. The molecule has 1 aromatic carbocycles. The maximum absolute atomic E-state index is 11.0. The zero-order chi connectivity index (χ0) is 11.9. The van der Waals surface area contributed by atoms with E-state index in [2.05, 4.69) is 0 Å². The molecule has 1 heterocycles. The number of para-hydroxylation sites is 1. The van der Waals surface area contributed by atoms with Crippen molar-refractivity contribution in [3.8, 4) is 0 Å². The second-order valence-electron chi connectivity index (χ2n) is 4.29. The highest BCUT2D eigenvalue weighted by Gasteiger charge is 2.34. The van der Waals surface area contributed by atoms with Gasteiger partial charge in [0.25, 0.3) is 0 Å². The van der Waals surface area contributed by atoms with Gasteiger partial charge in [0.15, 0.2) is 0 Å². The van der Waals surface area contributed by atoms with Gasteiger partial charge in [0.1, 0.15) is 0 Å². The van der Waals surface area contributed by atoms with Gasteiger partial charge in [-0.15, -0.1) is 0 Å². The molecule has 16 heavy (non-hydrogen) atoms. The minimum Gasteiger partial charge on any atom is -0.481 e. The maximum Gasteiger partial charge on any atom is 0.306 e. The lowest BCUT2D eigenvalue weighted by Crippen LogP contribution is -2.23. The third kappa shape index (κ3) is 1.65. The predicted octanol–water partition coefficient (Wildman–Crippen LogP) is 2.59. The number of hydrogen-bond donors (Lipinski definition) is 1. The summed E-state index contributed by atoms with van der Waals surface area (Å²) in [6.07, 6.45) is 0. The normalized spacial score (nSPS) is 20.7. The summed E-state index contributed by atoms with van der Waals surface area (Å²) in [4.78, 5) is 13.1. The van der Waals surface area contributed by atoms with Gasteiger partial charge in [-0.3, -0.25) is 4.79 Å². The van der Waals surface area contributed by atoms with E-state index in [4.69, 9.17) is 16.7 Å². The molecule has 0 aromatic heterocycles. The van der Waals surface area contributed by atoms with Crippen LogP contribution in [0.1, 0.15) is 18.4 Å². The van der Waals surface area contributed by atoms with Crippen LogP contribution in [-0.4, -0.2) is 24.7 Å². The van der Waals surface area contributed by atoms with E-state index in [1.165, 1.54) is 0 Å². The molecule has 86 valence electrons. The fourth-order valence-corrected chi connectivity index (χ4v) is 2.64. The number of anilines is 1. The highest BCUT2D eigenvalue weighted by molar-refractivity contribution is 6.33. The van der Waals surface area contributed by atoms with E-state index in [-0.39, 0.29) is 11.8 Å². The van der Waals surface area contributed by atoms with Gasteiger partial charge in [-0.2, -0.15) is 0 Å². The largest absolute Gasteiger partial charge is 0.481 e. The summed E-state index contributed by atoms with van der Waals surface area (Å²) in [6, 6.07) is 5.68. The minimum absolute atomic E-state index is 0.0243. The number of hydrogen-bond acceptors (Lipinski definition) is 2. The molecule has 0 fully saturated rings. The van der Waals surface area contributed by atoms with Crippen molar-refractivity contribution in [1.82, 2.24) is 0 Å². The van der Waals surface area contributed by atoms with Gasteiger partial charge in [0, 0.05) is 19.5 Å². The Morgan fingerprint density at radius 3 is 2.94 bits per heavy atom. The first-order chi connectivity index (χ1) is 7.52. The Kier molecular flexibility index (Phi) is 2.80. The van der Waals surface area contributed by atoms with Crippen LogP contribution in [0.5, 0.6) is 0 Å². The lowest BCUT2D eigenvalue weighted by atomic mass is 9.89. The number of fused-ring (bicyclic) bond motifs is 1. The van der Waals surface area contributed by atoms with Crippen LogP contribution in [0, 0.1) is 5.92 Å². The summed E-state index contributed by atoms with van der Waals surface area (Å²) in [7, 11) is 1.94. The smallest absolute Gasteiger partial charge is 0.306 e. The van der Waals surface area contributed by atoms with Gasteiger partial charge in [-0.25, -0.2) is 0 Å². The third-order valence-corrected chi connectivity index (χ3v) is 3.57. The summed E-state index contributed by atoms with van der Waals surface area (Å²) < 4.78 is 0. The molecule has 2 rings (SSSR count). The van der Waals surface area contributed by atoms with E-state index in [0.717, 1.165) is 11.3 Å². The molecule has 1 aromatic rings. The number of carboxylic acids is 1. The fraction of sp³-hybridized carbons (Fsp3) is 0.417. The monoisotopic (exact) mass is 239 g/mol. The first-order valence-corrected chi connectivity index (χ1v) is 5.62. The Morgan fingerprint density at radius 1 is 1.62 bits per heavy atom. The van der Waals surface area contributed by atoms with Crippen LogP contribution in [0.15, 0.2) is 18.2 Å². The van der Waals surface area contributed by atoms with Crippen LogP contribution in [0.3, 0.4) is 0 Å². The maximum atomic E-state index is 11.0. The Labute approximate surface area is 99.6 Å². The number of benzene rings is 1. The summed E-state index contributed by atoms with van der Waals surface area (Å²) >= 11 is 6.12. The molecular formula is C12H14ClNO2. The van der Waals surface area contributed by atoms with Crippen LogP contribution >= 0.6 is 11.6 Å². The molecule has 0 bridgehead atoms. The highest BCUT2D eigenvalue weighted by Crippen LogP contribution is 2.43. The van der Waals surface area contributed by atoms with Gasteiger partial charge in [0.05, 0.1) is 16.6 Å². The van der Waals surface area contributed by atoms with Crippen molar-refractivity contribution in [3.63, 3.8) is 0 Å². The Morgan fingerprint density at radius 2 is 2.31 bits per heavy atom. The topological polar surface area (TPSA) is 40.5 Å². The molecule has 0 aliphatic carbocycles. The summed E-state index contributed by atoms with van der Waals surface area (Å²) in [5.74, 6) is -1.12. The second-order valence-corrected chi connectivity index (χ2v) is 4.70. The Bertz CT molecular complexity index is 433. The quantitative estimate of drug-likeness (QED) is 0.863. The standard InChI is InChI=1S/C12H14ClNO2/c1-7(12(15)16)9-6-14(2)11-8(9)4-3-5-10(11)13/h3-5,7,9H,6H2,1-2H3,(H,15,16). The van der Waals surface area contributed by atoms with Crippen molar-refractivity contribution in [2.45, 2.75) is 12.8 Å². The summed E-state index contributed by atoms with van der Waals surface area (Å²) in [5.41, 5.74) is 2.02. The SMILES string of the molecule is CC(C(=O)O)C1CN(C)c2c(Cl)cccc21. The number of likely N-dealkylation sites (N-methyl/N-ethyl adjacent to an activating group) is 1. The molecule has 4 heteroatoms. The molecule has 2 atom stereocenters. The average Bonchev–Trinajstić information content (AvgIpc) is 2.56. The average molecular weight is 240 g/mol. The van der Waals surface area contributed by atoms with E-state index in [9.17, 15) is 4.79 Å². The van der Waals surface area contributed by atoms with Crippen LogP contribution < -0.4 is 4.90 Å². The van der Waals surface area contributed by atoms with Crippen molar-refractivity contribution in [2.75, 3.05) is 18.5 Å². The van der Waals surface area contributed by atoms with Crippen molar-refractivity contribution >= 4 is 23.3 Å². The Balaban J connectivity index is 2.44. The van der Waals surface area contributed by atoms with Crippen molar-refractivity contribution < 1.29 is 9.90 Å². The first-order valence-electron chi connectivity index (χ1n) is 5.24. The molecule has 0 amide bonds. The molecule has 0 spiro atoms. The van der Waals surface area contributed by atoms with E-state index >= 15 is 0 Å². The van der Waals surface area contributed by atoms with Crippen molar-refractivity contribution in [2.24, 2.45) is 5.92 Å². The number of rotatable bonds is 2. The van der Waals surface area contributed by atoms with Crippen LogP contribution in [0.4, 0.5) is 5.69 Å². The van der Waals surface area contributed by atoms with Crippen molar-refractivity contribution in [3.05, 3.63) is 28.8 Å². The second kappa shape index (κ2) is 3.98. The van der Waals surface area contributed by atoms with Gasteiger partial charge in [-0.1, -0.05) is 30.7 Å². The van der Waals surface area contributed by atoms with Crippen LogP contribution in [0.25, 0.3) is 0 Å². The molecule has 1 aliphatic heterocycles. The number of nitrogens with zero attached hydrogens (tertiary/aromatic N) is 1. The zero-order valence-electron chi connectivity index (χ0n) is 9.27. The van der Waals surface area contributed by atoms with Crippen LogP contribution in [-0.2, 0) is 4.79 Å². The fourth-order valence-electron chi connectivity index (χ4n) is 2.32. The number of aliphatic carboxylic acids is 1. The number of halogens is 1. The predicted molar refractivity (Wildman–Crippen MR) is 64.3 cm³/mol. The van der Waals surface area contributed by atoms with E-state index in [1.54, 1.807) is 6.92 Å². The highest BCUT2D eigenvalue weighted by atomic mass is 35.5. The van der Waals surface area contributed by atoms with Gasteiger partial charge in [0.2, 0.25) is 0 Å². The van der Waals surface area contributed by atoms with Gasteiger partial charge in [-0.05, 0) is 11.6 Å². The molecule has 1 aliphatic rings. The third-order valence-electron chi connectivity index (χ3n) is 3.26. The van der Waals surface area contributed by atoms with E-state index in [0.29, 0.717) is 11.6 Å². The van der Waals surface area contributed by atoms with Crippen LogP contribution in [0.2, 0.25) is 5.02 Å². The summed E-state index contributed by atoms with van der Waals surface area (Å²) in [6.45, 7) is 2.46. The van der Waals surface area contributed by atoms with E-state index in [1.807, 2.05) is 30.1 Å². The minimum atomic E-state index is -0.758. The zero-order valence-corrected chi connectivity index (χ0v) is 10.0. The summed E-state index contributed by atoms with van der Waals surface area (Å²) in [5, 5.41) is 9.77. The number of carbonyl (C=O) groups is 1. The molecule has 0 saturated carbocycles.